The number of nitriles is 1. The zero-order valence-corrected chi connectivity index (χ0v) is 8.80. The smallest absolute Gasteiger partial charge is 0.0830 e. The van der Waals surface area contributed by atoms with Gasteiger partial charge in [-0.25, -0.2) is 0 Å². The average Bonchev–Trinajstić information content (AvgIpc) is 1.98. The second-order valence-electron chi connectivity index (χ2n) is 4.57. The first-order valence-corrected chi connectivity index (χ1v) is 5.11. The lowest BCUT2D eigenvalue weighted by Crippen LogP contribution is -2.51. The Morgan fingerprint density at radius 3 is 2.23 bits per heavy atom. The van der Waals surface area contributed by atoms with E-state index in [2.05, 4.69) is 6.07 Å². The predicted molar refractivity (Wildman–Crippen MR) is 52.0 cm³/mol. The summed E-state index contributed by atoms with van der Waals surface area (Å²) in [5, 5.41) is 19.4. The van der Waals surface area contributed by atoms with Crippen molar-refractivity contribution < 1.29 is 5.11 Å². The van der Waals surface area contributed by atoms with Crippen molar-refractivity contribution >= 4 is 0 Å². The van der Waals surface area contributed by atoms with Crippen LogP contribution in [0.4, 0.5) is 0 Å². The molecule has 0 amide bonds. The van der Waals surface area contributed by atoms with Crippen LogP contribution in [0.3, 0.4) is 0 Å². The number of hydrogen-bond acceptors (Lipinski definition) is 2. The molecular weight excluding hydrogens is 162 g/mol. The third kappa shape index (κ3) is 1.46. The van der Waals surface area contributed by atoms with Crippen molar-refractivity contribution in [3.63, 3.8) is 0 Å². The van der Waals surface area contributed by atoms with Crippen LogP contribution in [-0.4, -0.2) is 10.7 Å². The Balaban J connectivity index is 2.82. The van der Waals surface area contributed by atoms with Gasteiger partial charge in [-0.1, -0.05) is 13.3 Å². The van der Waals surface area contributed by atoms with Crippen LogP contribution in [0.1, 0.15) is 46.5 Å². The molecule has 2 nitrogen and oxygen atoms in total. The highest BCUT2D eigenvalue weighted by molar-refractivity contribution is 5.10. The summed E-state index contributed by atoms with van der Waals surface area (Å²) in [5.41, 5.74) is -1.40. The SMILES string of the molecule is CCC(C)(C#N)C(C)(O)C1CCC1. The van der Waals surface area contributed by atoms with E-state index in [0.717, 1.165) is 12.8 Å². The molecule has 0 bridgehead atoms. The van der Waals surface area contributed by atoms with E-state index in [1.165, 1.54) is 6.42 Å². The van der Waals surface area contributed by atoms with Crippen LogP contribution in [0.25, 0.3) is 0 Å². The van der Waals surface area contributed by atoms with Crippen molar-refractivity contribution in [3.05, 3.63) is 0 Å². The first kappa shape index (κ1) is 10.5. The number of hydrogen-bond donors (Lipinski definition) is 1. The Bertz CT molecular complexity index is 225. The predicted octanol–water partition coefficient (Wildman–Crippen LogP) is 2.48. The third-order valence-electron chi connectivity index (χ3n) is 3.97. The fourth-order valence-corrected chi connectivity index (χ4v) is 1.97. The summed E-state index contributed by atoms with van der Waals surface area (Å²) in [6, 6.07) is 2.27. The normalized spacial score (nSPS) is 26.7. The van der Waals surface area contributed by atoms with Crippen LogP contribution in [0.2, 0.25) is 0 Å². The molecule has 0 aromatic heterocycles. The van der Waals surface area contributed by atoms with Crippen molar-refractivity contribution in [1.29, 1.82) is 5.26 Å². The molecule has 0 heterocycles. The monoisotopic (exact) mass is 181 g/mol. The fraction of sp³-hybridized carbons (Fsp3) is 0.909. The lowest BCUT2D eigenvalue weighted by atomic mass is 9.61. The summed E-state index contributed by atoms with van der Waals surface area (Å²) in [6.45, 7) is 5.66. The van der Waals surface area contributed by atoms with Gasteiger partial charge in [0, 0.05) is 0 Å². The molecule has 0 spiro atoms. The van der Waals surface area contributed by atoms with E-state index in [4.69, 9.17) is 5.26 Å². The molecule has 1 aliphatic carbocycles. The standard InChI is InChI=1S/C11H19NO/c1-4-10(2,8-12)11(3,13)9-6-5-7-9/h9,13H,4-7H2,1-3H3. The Hall–Kier alpha value is -0.550. The maximum Gasteiger partial charge on any atom is 0.0830 e. The fourth-order valence-electron chi connectivity index (χ4n) is 1.97. The minimum Gasteiger partial charge on any atom is -0.388 e. The van der Waals surface area contributed by atoms with Crippen LogP contribution in [0.15, 0.2) is 0 Å². The van der Waals surface area contributed by atoms with Crippen molar-refractivity contribution in [1.82, 2.24) is 0 Å². The molecule has 74 valence electrons. The zero-order valence-electron chi connectivity index (χ0n) is 8.80. The van der Waals surface area contributed by atoms with Gasteiger partial charge in [-0.2, -0.15) is 5.26 Å². The topological polar surface area (TPSA) is 44.0 Å². The van der Waals surface area contributed by atoms with Gasteiger partial charge in [-0.3, -0.25) is 0 Å². The van der Waals surface area contributed by atoms with Crippen molar-refractivity contribution in [2.24, 2.45) is 11.3 Å². The van der Waals surface area contributed by atoms with Crippen LogP contribution in [0.5, 0.6) is 0 Å². The van der Waals surface area contributed by atoms with E-state index in [9.17, 15) is 5.11 Å². The Morgan fingerprint density at radius 2 is 2.00 bits per heavy atom. The minimum absolute atomic E-state index is 0.331. The van der Waals surface area contributed by atoms with Crippen molar-refractivity contribution in [3.8, 4) is 6.07 Å². The van der Waals surface area contributed by atoms with Crippen molar-refractivity contribution in [2.75, 3.05) is 0 Å². The quantitative estimate of drug-likeness (QED) is 0.727. The van der Waals surface area contributed by atoms with Gasteiger partial charge in [0.1, 0.15) is 0 Å². The molecule has 1 aliphatic rings. The van der Waals surface area contributed by atoms with Crippen LogP contribution < -0.4 is 0 Å². The summed E-state index contributed by atoms with van der Waals surface area (Å²) in [4.78, 5) is 0. The van der Waals surface area contributed by atoms with Gasteiger partial charge in [0.05, 0.1) is 17.1 Å². The molecule has 2 atom stereocenters. The number of nitrogens with zero attached hydrogens (tertiary/aromatic N) is 1. The molecule has 1 fully saturated rings. The molecule has 0 aromatic carbocycles. The minimum atomic E-state index is -0.811. The first-order chi connectivity index (χ1) is 5.98. The van der Waals surface area contributed by atoms with Gasteiger partial charge in [0.25, 0.3) is 0 Å². The van der Waals surface area contributed by atoms with Gasteiger partial charge in [-0.15, -0.1) is 0 Å². The molecule has 0 radical (unpaired) electrons. The van der Waals surface area contributed by atoms with Crippen LogP contribution in [-0.2, 0) is 0 Å². The highest BCUT2D eigenvalue weighted by Crippen LogP contribution is 2.47. The van der Waals surface area contributed by atoms with Gasteiger partial charge in [0.2, 0.25) is 0 Å². The molecule has 13 heavy (non-hydrogen) atoms. The van der Waals surface area contributed by atoms with Crippen LogP contribution in [0, 0.1) is 22.7 Å². The Morgan fingerprint density at radius 1 is 1.46 bits per heavy atom. The maximum atomic E-state index is 10.3. The van der Waals surface area contributed by atoms with Gasteiger partial charge in [0.15, 0.2) is 0 Å². The van der Waals surface area contributed by atoms with E-state index in [0.29, 0.717) is 12.3 Å². The van der Waals surface area contributed by atoms with E-state index in [-0.39, 0.29) is 0 Å². The van der Waals surface area contributed by atoms with E-state index >= 15 is 0 Å². The Kier molecular flexibility index (Phi) is 2.68. The van der Waals surface area contributed by atoms with Crippen molar-refractivity contribution in [2.45, 2.75) is 52.1 Å². The highest BCUT2D eigenvalue weighted by Gasteiger charge is 2.49. The molecule has 2 unspecified atom stereocenters. The first-order valence-electron chi connectivity index (χ1n) is 5.11. The Labute approximate surface area is 80.6 Å². The molecule has 2 heteroatoms. The molecule has 1 rings (SSSR count). The number of aliphatic hydroxyl groups is 1. The van der Waals surface area contributed by atoms with Gasteiger partial charge < -0.3 is 5.11 Å². The zero-order chi connectivity index (χ0) is 10.1. The summed E-state index contributed by atoms with van der Waals surface area (Å²) in [7, 11) is 0. The van der Waals surface area contributed by atoms with E-state index in [1.54, 1.807) is 0 Å². The largest absolute Gasteiger partial charge is 0.388 e. The lowest BCUT2D eigenvalue weighted by molar-refractivity contribution is -0.105. The second-order valence-corrected chi connectivity index (χ2v) is 4.57. The summed E-state index contributed by atoms with van der Waals surface area (Å²) < 4.78 is 0. The molecule has 1 saturated carbocycles. The third-order valence-corrected chi connectivity index (χ3v) is 3.97. The molecule has 0 aliphatic heterocycles. The van der Waals surface area contributed by atoms with Crippen LogP contribution >= 0.6 is 0 Å². The van der Waals surface area contributed by atoms with Gasteiger partial charge >= 0.3 is 0 Å². The maximum absolute atomic E-state index is 10.3. The lowest BCUT2D eigenvalue weighted by Gasteiger charge is -2.46. The molecule has 0 saturated heterocycles. The number of rotatable bonds is 3. The average molecular weight is 181 g/mol. The van der Waals surface area contributed by atoms with Gasteiger partial charge in [-0.05, 0) is 39.0 Å². The van der Waals surface area contributed by atoms with E-state index < -0.39 is 11.0 Å². The molecule has 0 aromatic rings. The molecular formula is C11H19NO. The second kappa shape index (κ2) is 3.31. The summed E-state index contributed by atoms with van der Waals surface area (Å²) >= 11 is 0. The summed E-state index contributed by atoms with van der Waals surface area (Å²) in [5.74, 6) is 0.331. The van der Waals surface area contributed by atoms with E-state index in [1.807, 2.05) is 20.8 Å². The summed E-state index contributed by atoms with van der Waals surface area (Å²) in [6.07, 6.45) is 4.06. The highest BCUT2D eigenvalue weighted by atomic mass is 16.3. The molecule has 1 N–H and O–H groups in total.